The maximum Gasteiger partial charge on any atom is 0.100 e. The lowest BCUT2D eigenvalue weighted by Gasteiger charge is -2.16. The SMILES string of the molecule is c1ccc(C2OCC3CONC32)cc1. The topological polar surface area (TPSA) is 30.5 Å². The van der Waals surface area contributed by atoms with Crippen molar-refractivity contribution in [3.8, 4) is 0 Å². The zero-order valence-electron chi connectivity index (χ0n) is 7.85. The van der Waals surface area contributed by atoms with Crippen LogP contribution in [0.2, 0.25) is 0 Å². The van der Waals surface area contributed by atoms with Gasteiger partial charge in [-0.25, -0.2) is 0 Å². The minimum absolute atomic E-state index is 0.156. The quantitative estimate of drug-likeness (QED) is 0.725. The Morgan fingerprint density at radius 1 is 1.14 bits per heavy atom. The van der Waals surface area contributed by atoms with Gasteiger partial charge in [-0.2, -0.15) is 5.48 Å². The highest BCUT2D eigenvalue weighted by Gasteiger charge is 2.42. The smallest absolute Gasteiger partial charge is 0.100 e. The molecule has 0 aliphatic carbocycles. The largest absolute Gasteiger partial charge is 0.371 e. The fourth-order valence-corrected chi connectivity index (χ4v) is 2.19. The lowest BCUT2D eigenvalue weighted by Crippen LogP contribution is -2.28. The second kappa shape index (κ2) is 3.35. The van der Waals surface area contributed by atoms with Crippen molar-refractivity contribution in [3.63, 3.8) is 0 Å². The zero-order chi connectivity index (χ0) is 9.38. The van der Waals surface area contributed by atoms with Crippen LogP contribution in [-0.4, -0.2) is 19.3 Å². The van der Waals surface area contributed by atoms with E-state index in [4.69, 9.17) is 9.57 Å². The van der Waals surface area contributed by atoms with Crippen LogP contribution in [0.3, 0.4) is 0 Å². The molecule has 14 heavy (non-hydrogen) atoms. The molecule has 0 radical (unpaired) electrons. The Bertz CT molecular complexity index is 314. The third kappa shape index (κ3) is 1.25. The van der Waals surface area contributed by atoms with E-state index in [1.54, 1.807) is 0 Å². The Labute approximate surface area is 83.0 Å². The third-order valence-electron chi connectivity index (χ3n) is 2.97. The molecule has 1 aromatic rings. The van der Waals surface area contributed by atoms with Gasteiger partial charge in [0, 0.05) is 5.92 Å². The van der Waals surface area contributed by atoms with Crippen LogP contribution in [0.25, 0.3) is 0 Å². The highest BCUT2D eigenvalue weighted by Crippen LogP contribution is 2.35. The van der Waals surface area contributed by atoms with Gasteiger partial charge in [0.05, 0.1) is 19.3 Å². The molecule has 3 nitrogen and oxygen atoms in total. The van der Waals surface area contributed by atoms with Crippen LogP contribution in [0.15, 0.2) is 30.3 Å². The van der Waals surface area contributed by atoms with Crippen molar-refractivity contribution in [2.24, 2.45) is 5.92 Å². The van der Waals surface area contributed by atoms with Gasteiger partial charge in [-0.1, -0.05) is 30.3 Å². The number of ether oxygens (including phenoxy) is 1. The van der Waals surface area contributed by atoms with Gasteiger partial charge < -0.3 is 9.57 Å². The van der Waals surface area contributed by atoms with E-state index in [0.717, 1.165) is 13.2 Å². The number of hydrogen-bond acceptors (Lipinski definition) is 3. The van der Waals surface area contributed by atoms with Crippen LogP contribution >= 0.6 is 0 Å². The fraction of sp³-hybridized carbons (Fsp3) is 0.455. The van der Waals surface area contributed by atoms with Crippen LogP contribution in [0.4, 0.5) is 0 Å². The predicted octanol–water partition coefficient (Wildman–Crippen LogP) is 1.28. The summed E-state index contributed by atoms with van der Waals surface area (Å²) in [5, 5.41) is 0. The number of hydrogen-bond donors (Lipinski definition) is 1. The molecule has 0 aromatic heterocycles. The standard InChI is InChI=1S/C11H13NO2/c1-2-4-8(5-3-1)11-10-9(6-13-11)7-14-12-10/h1-5,9-12H,6-7H2. The second-order valence-electron chi connectivity index (χ2n) is 3.88. The van der Waals surface area contributed by atoms with Gasteiger partial charge in [0.15, 0.2) is 0 Å². The third-order valence-corrected chi connectivity index (χ3v) is 2.97. The predicted molar refractivity (Wildman–Crippen MR) is 51.5 cm³/mol. The van der Waals surface area contributed by atoms with Crippen molar-refractivity contribution >= 4 is 0 Å². The lowest BCUT2D eigenvalue weighted by molar-refractivity contribution is 0.0144. The van der Waals surface area contributed by atoms with Crippen LogP contribution in [-0.2, 0) is 9.57 Å². The van der Waals surface area contributed by atoms with Crippen molar-refractivity contribution in [3.05, 3.63) is 35.9 Å². The Morgan fingerprint density at radius 3 is 2.86 bits per heavy atom. The first-order valence-corrected chi connectivity index (χ1v) is 4.99. The maximum atomic E-state index is 5.76. The Hall–Kier alpha value is -0.900. The molecule has 3 unspecified atom stereocenters. The minimum Gasteiger partial charge on any atom is -0.371 e. The molecule has 0 amide bonds. The van der Waals surface area contributed by atoms with Crippen molar-refractivity contribution in [1.29, 1.82) is 0 Å². The van der Waals surface area contributed by atoms with Crippen molar-refractivity contribution in [1.82, 2.24) is 5.48 Å². The molecule has 0 saturated carbocycles. The summed E-state index contributed by atoms with van der Waals surface area (Å²) in [6, 6.07) is 10.6. The Balaban J connectivity index is 1.86. The second-order valence-corrected chi connectivity index (χ2v) is 3.88. The molecule has 3 heteroatoms. The molecule has 2 fully saturated rings. The van der Waals surface area contributed by atoms with Crippen LogP contribution in [0.1, 0.15) is 11.7 Å². The molecule has 1 aromatic carbocycles. The summed E-state index contributed by atoms with van der Waals surface area (Å²) >= 11 is 0. The molecule has 0 bridgehead atoms. The van der Waals surface area contributed by atoms with E-state index in [1.165, 1.54) is 5.56 Å². The average Bonchev–Trinajstić information content (AvgIpc) is 2.79. The van der Waals surface area contributed by atoms with E-state index >= 15 is 0 Å². The van der Waals surface area contributed by atoms with Crippen LogP contribution in [0.5, 0.6) is 0 Å². The molecule has 2 saturated heterocycles. The van der Waals surface area contributed by atoms with E-state index in [-0.39, 0.29) is 6.10 Å². The number of fused-ring (bicyclic) bond motifs is 1. The summed E-state index contributed by atoms with van der Waals surface area (Å²) in [5.74, 6) is 0.514. The number of nitrogens with one attached hydrogen (secondary N) is 1. The van der Waals surface area contributed by atoms with Gasteiger partial charge >= 0.3 is 0 Å². The van der Waals surface area contributed by atoms with Gasteiger partial charge in [0.1, 0.15) is 6.10 Å². The number of rotatable bonds is 1. The highest BCUT2D eigenvalue weighted by molar-refractivity contribution is 5.20. The molecule has 74 valence electrons. The molecule has 2 aliphatic heterocycles. The summed E-state index contributed by atoms with van der Waals surface area (Å²) in [4.78, 5) is 5.23. The fourth-order valence-electron chi connectivity index (χ4n) is 2.19. The lowest BCUT2D eigenvalue weighted by atomic mass is 9.97. The van der Waals surface area contributed by atoms with Crippen molar-refractivity contribution in [2.75, 3.05) is 13.2 Å². The molecule has 2 heterocycles. The first-order chi connectivity index (χ1) is 6.95. The number of benzene rings is 1. The monoisotopic (exact) mass is 191 g/mol. The Morgan fingerprint density at radius 2 is 2.00 bits per heavy atom. The summed E-state index contributed by atoms with van der Waals surface area (Å²) < 4.78 is 5.76. The van der Waals surface area contributed by atoms with Gasteiger partial charge in [0.2, 0.25) is 0 Å². The average molecular weight is 191 g/mol. The first-order valence-electron chi connectivity index (χ1n) is 4.99. The number of hydroxylamine groups is 1. The zero-order valence-corrected chi connectivity index (χ0v) is 7.85. The van der Waals surface area contributed by atoms with E-state index in [9.17, 15) is 0 Å². The summed E-state index contributed by atoms with van der Waals surface area (Å²) in [6.45, 7) is 1.57. The maximum absolute atomic E-state index is 5.76. The van der Waals surface area contributed by atoms with Crippen molar-refractivity contribution in [2.45, 2.75) is 12.1 Å². The molecule has 3 rings (SSSR count). The van der Waals surface area contributed by atoms with Gasteiger partial charge in [-0.05, 0) is 5.56 Å². The van der Waals surface area contributed by atoms with Crippen LogP contribution in [0, 0.1) is 5.92 Å². The van der Waals surface area contributed by atoms with E-state index in [2.05, 4.69) is 17.6 Å². The summed E-state index contributed by atoms with van der Waals surface area (Å²) in [7, 11) is 0. The van der Waals surface area contributed by atoms with E-state index < -0.39 is 0 Å². The molecular weight excluding hydrogens is 178 g/mol. The molecular formula is C11H13NO2. The summed E-state index contributed by atoms with van der Waals surface area (Å²) in [6.07, 6.45) is 0.156. The minimum atomic E-state index is 0.156. The van der Waals surface area contributed by atoms with Crippen LogP contribution < -0.4 is 5.48 Å². The molecule has 3 atom stereocenters. The molecule has 0 spiro atoms. The molecule has 1 N–H and O–H groups in total. The first kappa shape index (κ1) is 8.41. The van der Waals surface area contributed by atoms with Gasteiger partial charge in [-0.3, -0.25) is 0 Å². The summed E-state index contributed by atoms with van der Waals surface area (Å²) in [5.41, 5.74) is 4.28. The van der Waals surface area contributed by atoms with E-state index in [0.29, 0.717) is 12.0 Å². The highest BCUT2D eigenvalue weighted by atomic mass is 16.7. The van der Waals surface area contributed by atoms with Gasteiger partial charge in [0.25, 0.3) is 0 Å². The van der Waals surface area contributed by atoms with E-state index in [1.807, 2.05) is 18.2 Å². The molecule has 2 aliphatic rings. The normalized spacial score (nSPS) is 35.9. The van der Waals surface area contributed by atoms with Gasteiger partial charge in [-0.15, -0.1) is 0 Å². The Kier molecular flexibility index (Phi) is 2.01. The van der Waals surface area contributed by atoms with Crippen molar-refractivity contribution < 1.29 is 9.57 Å².